The summed E-state index contributed by atoms with van der Waals surface area (Å²) in [5.74, 6) is 1.81. The number of carbonyl (C=O) groups is 1. The minimum atomic E-state index is -0.695. The van der Waals surface area contributed by atoms with E-state index in [0.717, 1.165) is 37.7 Å². The van der Waals surface area contributed by atoms with Gasteiger partial charge in [-0.05, 0) is 43.4 Å². The molecule has 168 valence electrons. The Morgan fingerprint density at radius 2 is 1.87 bits per heavy atom. The van der Waals surface area contributed by atoms with E-state index < -0.39 is 5.60 Å². The predicted octanol–water partition coefficient (Wildman–Crippen LogP) is 2.91. The van der Waals surface area contributed by atoms with Crippen molar-refractivity contribution in [3.63, 3.8) is 0 Å². The number of piperidine rings is 1. The van der Waals surface area contributed by atoms with Crippen molar-refractivity contribution < 1.29 is 24.1 Å². The highest BCUT2D eigenvalue weighted by Crippen LogP contribution is 2.51. The maximum Gasteiger partial charge on any atom is 0.234 e. The molecule has 3 atom stereocenters. The van der Waals surface area contributed by atoms with E-state index in [2.05, 4.69) is 10.2 Å². The fourth-order valence-corrected chi connectivity index (χ4v) is 5.14. The van der Waals surface area contributed by atoms with Gasteiger partial charge in [0.2, 0.25) is 11.7 Å². The van der Waals surface area contributed by atoms with Crippen molar-refractivity contribution >= 4 is 5.91 Å². The number of aliphatic hydroxyl groups is 1. The molecule has 2 aliphatic rings. The number of methoxy groups -OCH3 is 3. The van der Waals surface area contributed by atoms with Crippen LogP contribution in [0.15, 0.2) is 12.1 Å². The molecular formula is C23H36N2O5. The van der Waals surface area contributed by atoms with Gasteiger partial charge in [0.1, 0.15) is 0 Å². The van der Waals surface area contributed by atoms with E-state index in [1.165, 1.54) is 0 Å². The summed E-state index contributed by atoms with van der Waals surface area (Å²) in [5.41, 5.74) is 0.289. The first-order chi connectivity index (χ1) is 14.5. The van der Waals surface area contributed by atoms with Gasteiger partial charge in [-0.2, -0.15) is 0 Å². The molecule has 0 unspecified atom stereocenters. The lowest BCUT2D eigenvalue weighted by molar-refractivity contribution is -0.137. The van der Waals surface area contributed by atoms with Crippen LogP contribution < -0.4 is 19.5 Å². The van der Waals surface area contributed by atoms with Gasteiger partial charge in [-0.3, -0.25) is 9.69 Å². The van der Waals surface area contributed by atoms with Crippen molar-refractivity contribution in [2.75, 3.05) is 41.0 Å². The van der Waals surface area contributed by atoms with E-state index in [1.54, 1.807) is 21.3 Å². The highest BCUT2D eigenvalue weighted by molar-refractivity contribution is 5.78. The Balaban J connectivity index is 2.01. The zero-order valence-corrected chi connectivity index (χ0v) is 18.7. The second-order valence-electron chi connectivity index (χ2n) is 8.43. The van der Waals surface area contributed by atoms with Gasteiger partial charge >= 0.3 is 0 Å². The number of benzene rings is 1. The Hall–Kier alpha value is -1.99. The first kappa shape index (κ1) is 22.7. The number of hydrogen-bond acceptors (Lipinski definition) is 6. The average molecular weight is 421 g/mol. The third kappa shape index (κ3) is 4.52. The molecule has 0 radical (unpaired) electrons. The van der Waals surface area contributed by atoms with Gasteiger partial charge in [0.25, 0.3) is 0 Å². The summed E-state index contributed by atoms with van der Waals surface area (Å²) in [5, 5.41) is 14.4. The minimum absolute atomic E-state index is 0.0236. The molecule has 1 aromatic carbocycles. The first-order valence-corrected chi connectivity index (χ1v) is 11.0. The first-order valence-electron chi connectivity index (χ1n) is 11.0. The SMILES string of the molecule is CCCNC(=O)CN1CC[C@]2(O)CCCC[C@H]2[C@H]1c1cc(OC)c(OC)c(OC)c1. The van der Waals surface area contributed by atoms with Crippen LogP contribution in [0.2, 0.25) is 0 Å². The normalized spacial score (nSPS) is 26.6. The van der Waals surface area contributed by atoms with Crippen LogP contribution in [0.4, 0.5) is 0 Å². The molecule has 1 saturated heterocycles. The second kappa shape index (κ2) is 9.88. The van der Waals surface area contributed by atoms with Gasteiger partial charge in [0.15, 0.2) is 11.5 Å². The predicted molar refractivity (Wildman–Crippen MR) is 115 cm³/mol. The van der Waals surface area contributed by atoms with Crippen molar-refractivity contribution in [3.05, 3.63) is 17.7 Å². The minimum Gasteiger partial charge on any atom is -0.493 e. The molecule has 7 nitrogen and oxygen atoms in total. The van der Waals surface area contributed by atoms with Crippen molar-refractivity contribution in [1.82, 2.24) is 10.2 Å². The molecule has 2 fully saturated rings. The second-order valence-corrected chi connectivity index (χ2v) is 8.43. The summed E-state index contributed by atoms with van der Waals surface area (Å²) in [7, 11) is 4.80. The molecule has 0 spiro atoms. The number of nitrogens with zero attached hydrogens (tertiary/aromatic N) is 1. The summed E-state index contributed by atoms with van der Waals surface area (Å²) >= 11 is 0. The van der Waals surface area contributed by atoms with Crippen LogP contribution in [0.1, 0.15) is 57.1 Å². The fourth-order valence-electron chi connectivity index (χ4n) is 5.14. The molecule has 1 aromatic rings. The van der Waals surface area contributed by atoms with Gasteiger partial charge in [-0.25, -0.2) is 0 Å². The molecule has 0 bridgehead atoms. The number of carbonyl (C=O) groups excluding carboxylic acids is 1. The van der Waals surface area contributed by atoms with Crippen LogP contribution in [0, 0.1) is 5.92 Å². The summed E-state index contributed by atoms with van der Waals surface area (Å²) < 4.78 is 16.6. The molecule has 0 aromatic heterocycles. The number of fused-ring (bicyclic) bond motifs is 1. The fraction of sp³-hybridized carbons (Fsp3) is 0.696. The van der Waals surface area contributed by atoms with Gasteiger partial charge < -0.3 is 24.6 Å². The van der Waals surface area contributed by atoms with E-state index in [-0.39, 0.29) is 17.9 Å². The van der Waals surface area contributed by atoms with Crippen molar-refractivity contribution in [2.45, 2.75) is 57.1 Å². The highest BCUT2D eigenvalue weighted by atomic mass is 16.5. The Kier molecular flexibility index (Phi) is 7.47. The lowest BCUT2D eigenvalue weighted by atomic mass is 9.66. The quantitative estimate of drug-likeness (QED) is 0.673. The van der Waals surface area contributed by atoms with Gasteiger partial charge in [-0.15, -0.1) is 0 Å². The van der Waals surface area contributed by atoms with Gasteiger partial charge in [0, 0.05) is 25.0 Å². The smallest absolute Gasteiger partial charge is 0.234 e. The lowest BCUT2D eigenvalue weighted by Crippen LogP contribution is -2.56. The average Bonchev–Trinajstić information content (AvgIpc) is 2.76. The molecular weight excluding hydrogens is 384 g/mol. The van der Waals surface area contributed by atoms with Crippen LogP contribution >= 0.6 is 0 Å². The Bertz CT molecular complexity index is 715. The molecule has 30 heavy (non-hydrogen) atoms. The standard InChI is InChI=1S/C23H36N2O5/c1-5-11-24-20(26)15-25-12-10-23(27)9-7-6-8-17(23)21(25)16-13-18(28-2)22(30-4)19(14-16)29-3/h13-14,17,21,27H,5-12,15H2,1-4H3,(H,24,26)/t17-,21+,23+/m0/s1. The Labute approximate surface area is 179 Å². The van der Waals surface area contributed by atoms with Crippen LogP contribution in [-0.4, -0.2) is 62.5 Å². The zero-order valence-electron chi connectivity index (χ0n) is 18.7. The molecule has 2 N–H and O–H groups in total. The number of rotatable bonds is 8. The molecule has 1 heterocycles. The van der Waals surface area contributed by atoms with Crippen LogP contribution in [0.25, 0.3) is 0 Å². The van der Waals surface area contributed by atoms with Crippen LogP contribution in [0.3, 0.4) is 0 Å². The molecule has 1 saturated carbocycles. The van der Waals surface area contributed by atoms with Crippen LogP contribution in [-0.2, 0) is 4.79 Å². The summed E-state index contributed by atoms with van der Waals surface area (Å²) in [4.78, 5) is 14.8. The number of amides is 1. The molecule has 3 rings (SSSR count). The number of nitrogens with one attached hydrogen (secondary N) is 1. The van der Waals surface area contributed by atoms with Crippen LogP contribution in [0.5, 0.6) is 17.2 Å². The Morgan fingerprint density at radius 3 is 2.47 bits per heavy atom. The largest absolute Gasteiger partial charge is 0.493 e. The van der Waals surface area contributed by atoms with Crippen molar-refractivity contribution in [3.8, 4) is 17.2 Å². The van der Waals surface area contributed by atoms with Crippen molar-refractivity contribution in [1.29, 1.82) is 0 Å². The zero-order chi connectivity index (χ0) is 21.7. The van der Waals surface area contributed by atoms with E-state index in [4.69, 9.17) is 14.2 Å². The summed E-state index contributed by atoms with van der Waals surface area (Å²) in [6, 6.07) is 3.83. The van der Waals surface area contributed by atoms with E-state index in [0.29, 0.717) is 43.3 Å². The molecule has 1 aliphatic carbocycles. The lowest BCUT2D eigenvalue weighted by Gasteiger charge is -2.52. The van der Waals surface area contributed by atoms with E-state index >= 15 is 0 Å². The van der Waals surface area contributed by atoms with Gasteiger partial charge in [0.05, 0.1) is 33.5 Å². The molecule has 1 amide bonds. The van der Waals surface area contributed by atoms with Crippen molar-refractivity contribution in [2.24, 2.45) is 5.92 Å². The third-order valence-corrected chi connectivity index (χ3v) is 6.62. The monoisotopic (exact) mass is 420 g/mol. The summed E-state index contributed by atoms with van der Waals surface area (Å²) in [6.45, 7) is 3.71. The topological polar surface area (TPSA) is 80.3 Å². The number of hydrogen-bond donors (Lipinski definition) is 2. The maximum atomic E-state index is 12.5. The maximum absolute atomic E-state index is 12.5. The molecule has 1 aliphatic heterocycles. The van der Waals surface area contributed by atoms with E-state index in [1.807, 2.05) is 19.1 Å². The van der Waals surface area contributed by atoms with Gasteiger partial charge in [-0.1, -0.05) is 19.8 Å². The van der Waals surface area contributed by atoms with E-state index in [9.17, 15) is 9.90 Å². The third-order valence-electron chi connectivity index (χ3n) is 6.62. The molecule has 7 heteroatoms. The highest BCUT2D eigenvalue weighted by Gasteiger charge is 2.49. The number of ether oxygens (including phenoxy) is 3. The Morgan fingerprint density at radius 1 is 1.17 bits per heavy atom. The number of likely N-dealkylation sites (tertiary alicyclic amines) is 1. The summed E-state index contributed by atoms with van der Waals surface area (Å²) in [6.07, 6.45) is 5.49.